The quantitative estimate of drug-likeness (QED) is 0.912. The molecule has 0 atom stereocenters. The van der Waals surface area contributed by atoms with Crippen molar-refractivity contribution >= 4 is 11.9 Å². The number of benzene rings is 1. The third-order valence-electron chi connectivity index (χ3n) is 4.14. The molecule has 114 valence electrons. The molecule has 5 nitrogen and oxygen atoms in total. The van der Waals surface area contributed by atoms with Crippen LogP contribution in [0.5, 0.6) is 0 Å². The summed E-state index contributed by atoms with van der Waals surface area (Å²) >= 11 is 0. The van der Waals surface area contributed by atoms with E-state index in [1.54, 1.807) is 24.3 Å². The summed E-state index contributed by atoms with van der Waals surface area (Å²) in [6.45, 7) is 1.49. The summed E-state index contributed by atoms with van der Waals surface area (Å²) in [5.74, 6) is -0.967. The molecule has 0 unspecified atom stereocenters. The molecule has 1 aliphatic heterocycles. The van der Waals surface area contributed by atoms with Crippen molar-refractivity contribution < 1.29 is 14.7 Å². The average molecular weight is 290 g/mol. The van der Waals surface area contributed by atoms with Gasteiger partial charge in [-0.15, -0.1) is 0 Å². The van der Waals surface area contributed by atoms with E-state index in [2.05, 4.69) is 19.0 Å². The summed E-state index contributed by atoms with van der Waals surface area (Å²) in [7, 11) is 4.12. The van der Waals surface area contributed by atoms with Crippen molar-refractivity contribution in [3.05, 3.63) is 35.4 Å². The number of carbonyl (C=O) groups excluding carboxylic acids is 1. The van der Waals surface area contributed by atoms with Gasteiger partial charge in [0.2, 0.25) is 5.91 Å². The lowest BCUT2D eigenvalue weighted by Crippen LogP contribution is -2.45. The maximum atomic E-state index is 12.3. The molecular weight excluding hydrogens is 268 g/mol. The Kier molecular flexibility index (Phi) is 4.96. The van der Waals surface area contributed by atoms with Crippen molar-refractivity contribution in [3.63, 3.8) is 0 Å². The zero-order valence-electron chi connectivity index (χ0n) is 12.6. The number of rotatable bonds is 4. The number of hydrogen-bond acceptors (Lipinski definition) is 3. The second-order valence-electron chi connectivity index (χ2n) is 5.71. The number of hydrogen-bond donors (Lipinski definition) is 1. The summed E-state index contributed by atoms with van der Waals surface area (Å²) in [6.07, 6.45) is 2.10. The number of carbonyl (C=O) groups is 2. The van der Waals surface area contributed by atoms with Crippen molar-refractivity contribution in [3.8, 4) is 0 Å². The molecular formula is C16H22N2O3. The molecule has 0 aliphatic carbocycles. The van der Waals surface area contributed by atoms with Crippen LogP contribution in [0.4, 0.5) is 0 Å². The van der Waals surface area contributed by atoms with Crippen LogP contribution >= 0.6 is 0 Å². The van der Waals surface area contributed by atoms with Gasteiger partial charge in [0, 0.05) is 19.1 Å². The monoisotopic (exact) mass is 290 g/mol. The standard InChI is InChI=1S/C16H22N2O3/c1-17(2)13-7-9-18(10-8-13)15(19)11-12-5-3-4-6-14(12)16(20)21/h3-6,13H,7-11H2,1-2H3,(H,20,21). The summed E-state index contributed by atoms with van der Waals surface area (Å²) in [5, 5.41) is 9.15. The molecule has 1 N–H and O–H groups in total. The van der Waals surface area contributed by atoms with Gasteiger partial charge < -0.3 is 14.9 Å². The highest BCUT2D eigenvalue weighted by molar-refractivity contribution is 5.91. The van der Waals surface area contributed by atoms with E-state index in [1.807, 2.05) is 4.90 Å². The molecule has 1 aromatic carbocycles. The molecule has 1 heterocycles. The van der Waals surface area contributed by atoms with Gasteiger partial charge in [-0.1, -0.05) is 18.2 Å². The van der Waals surface area contributed by atoms with Gasteiger partial charge in [-0.05, 0) is 38.6 Å². The van der Waals surface area contributed by atoms with Crippen LogP contribution in [-0.2, 0) is 11.2 Å². The first-order valence-corrected chi connectivity index (χ1v) is 7.24. The van der Waals surface area contributed by atoms with Crippen molar-refractivity contribution in [2.45, 2.75) is 25.3 Å². The van der Waals surface area contributed by atoms with E-state index in [4.69, 9.17) is 5.11 Å². The number of nitrogens with zero attached hydrogens (tertiary/aromatic N) is 2. The molecule has 1 aliphatic rings. The predicted molar refractivity (Wildman–Crippen MR) is 80.4 cm³/mol. The van der Waals surface area contributed by atoms with Crippen LogP contribution in [0.3, 0.4) is 0 Å². The summed E-state index contributed by atoms with van der Waals surface area (Å²) in [6, 6.07) is 7.24. The number of likely N-dealkylation sites (tertiary alicyclic amines) is 1. The van der Waals surface area contributed by atoms with E-state index < -0.39 is 5.97 Å². The summed E-state index contributed by atoms with van der Waals surface area (Å²) in [4.78, 5) is 27.5. The van der Waals surface area contributed by atoms with Crippen LogP contribution in [0.2, 0.25) is 0 Å². The summed E-state index contributed by atoms with van der Waals surface area (Å²) in [5.41, 5.74) is 0.804. The fourth-order valence-corrected chi connectivity index (χ4v) is 2.79. The number of piperidine rings is 1. The van der Waals surface area contributed by atoms with Crippen LogP contribution in [0.25, 0.3) is 0 Å². The van der Waals surface area contributed by atoms with Crippen LogP contribution in [0.1, 0.15) is 28.8 Å². The van der Waals surface area contributed by atoms with E-state index in [-0.39, 0.29) is 17.9 Å². The molecule has 1 amide bonds. The SMILES string of the molecule is CN(C)C1CCN(C(=O)Cc2ccccc2C(=O)O)CC1. The Bertz CT molecular complexity index is 520. The zero-order chi connectivity index (χ0) is 15.4. The Morgan fingerprint density at radius 2 is 1.86 bits per heavy atom. The van der Waals surface area contributed by atoms with Crippen molar-refractivity contribution in [2.75, 3.05) is 27.2 Å². The van der Waals surface area contributed by atoms with E-state index >= 15 is 0 Å². The molecule has 0 radical (unpaired) electrons. The Labute approximate surface area is 125 Å². The highest BCUT2D eigenvalue weighted by Crippen LogP contribution is 2.17. The first-order chi connectivity index (χ1) is 9.99. The van der Waals surface area contributed by atoms with Gasteiger partial charge in [0.1, 0.15) is 0 Å². The first-order valence-electron chi connectivity index (χ1n) is 7.24. The minimum atomic E-state index is -0.982. The maximum absolute atomic E-state index is 12.3. The lowest BCUT2D eigenvalue weighted by Gasteiger charge is -2.35. The van der Waals surface area contributed by atoms with Gasteiger partial charge in [-0.2, -0.15) is 0 Å². The third kappa shape index (κ3) is 3.82. The van der Waals surface area contributed by atoms with Crippen molar-refractivity contribution in [1.29, 1.82) is 0 Å². The number of amides is 1. The highest BCUT2D eigenvalue weighted by Gasteiger charge is 2.24. The van der Waals surface area contributed by atoms with Gasteiger partial charge >= 0.3 is 5.97 Å². The molecule has 2 rings (SSSR count). The molecule has 1 fully saturated rings. The predicted octanol–water partition coefficient (Wildman–Crippen LogP) is 1.48. The maximum Gasteiger partial charge on any atom is 0.335 e. The third-order valence-corrected chi connectivity index (χ3v) is 4.14. The fourth-order valence-electron chi connectivity index (χ4n) is 2.79. The van der Waals surface area contributed by atoms with Crippen molar-refractivity contribution in [2.24, 2.45) is 0 Å². The van der Waals surface area contributed by atoms with Crippen LogP contribution in [-0.4, -0.2) is 60.0 Å². The first kappa shape index (κ1) is 15.5. The number of carboxylic acids is 1. The number of aromatic carboxylic acids is 1. The molecule has 0 aromatic heterocycles. The van der Waals surface area contributed by atoms with Crippen LogP contribution in [0, 0.1) is 0 Å². The Balaban J connectivity index is 1.98. The Morgan fingerprint density at radius 3 is 2.43 bits per heavy atom. The van der Waals surface area contributed by atoms with E-state index in [0.717, 1.165) is 25.9 Å². The largest absolute Gasteiger partial charge is 0.478 e. The van der Waals surface area contributed by atoms with Gasteiger partial charge in [0.15, 0.2) is 0 Å². The van der Waals surface area contributed by atoms with Gasteiger partial charge in [-0.3, -0.25) is 4.79 Å². The van der Waals surface area contributed by atoms with Gasteiger partial charge in [0.05, 0.1) is 12.0 Å². The molecule has 1 saturated heterocycles. The van der Waals surface area contributed by atoms with Gasteiger partial charge in [0.25, 0.3) is 0 Å². The number of carboxylic acid groups (broad SMARTS) is 1. The Hall–Kier alpha value is -1.88. The smallest absolute Gasteiger partial charge is 0.335 e. The fraction of sp³-hybridized carbons (Fsp3) is 0.500. The molecule has 0 bridgehead atoms. The molecule has 0 saturated carbocycles. The second-order valence-corrected chi connectivity index (χ2v) is 5.71. The zero-order valence-corrected chi connectivity index (χ0v) is 12.6. The average Bonchev–Trinajstić information content (AvgIpc) is 2.47. The molecule has 1 aromatic rings. The minimum absolute atomic E-state index is 0.0147. The lowest BCUT2D eigenvalue weighted by atomic mass is 10.0. The molecule has 5 heteroatoms. The molecule has 21 heavy (non-hydrogen) atoms. The van der Waals surface area contributed by atoms with Crippen molar-refractivity contribution in [1.82, 2.24) is 9.80 Å². The topological polar surface area (TPSA) is 60.9 Å². The van der Waals surface area contributed by atoms with Crippen LogP contribution in [0.15, 0.2) is 24.3 Å². The minimum Gasteiger partial charge on any atom is -0.478 e. The Morgan fingerprint density at radius 1 is 1.24 bits per heavy atom. The normalized spacial score (nSPS) is 16.2. The lowest BCUT2D eigenvalue weighted by molar-refractivity contribution is -0.131. The second kappa shape index (κ2) is 6.72. The van der Waals surface area contributed by atoms with Crippen LogP contribution < -0.4 is 0 Å². The van der Waals surface area contributed by atoms with E-state index in [9.17, 15) is 9.59 Å². The summed E-state index contributed by atoms with van der Waals surface area (Å²) < 4.78 is 0. The van der Waals surface area contributed by atoms with E-state index in [1.165, 1.54) is 0 Å². The van der Waals surface area contributed by atoms with E-state index in [0.29, 0.717) is 11.6 Å². The van der Waals surface area contributed by atoms with Gasteiger partial charge in [-0.25, -0.2) is 4.79 Å². The molecule has 0 spiro atoms. The highest BCUT2D eigenvalue weighted by atomic mass is 16.4.